The minimum Gasteiger partial charge on any atom is -0.396 e. The summed E-state index contributed by atoms with van der Waals surface area (Å²) >= 11 is 0. The van der Waals surface area contributed by atoms with E-state index >= 15 is 0 Å². The van der Waals surface area contributed by atoms with Crippen LogP contribution in [0, 0.1) is 6.92 Å². The molecule has 128 valence electrons. The Morgan fingerprint density at radius 1 is 1.38 bits per heavy atom. The number of rotatable bonds is 4. The van der Waals surface area contributed by atoms with E-state index < -0.39 is 0 Å². The van der Waals surface area contributed by atoms with E-state index in [0.717, 1.165) is 24.8 Å². The summed E-state index contributed by atoms with van der Waals surface area (Å²) in [4.78, 5) is 31.4. The number of likely N-dealkylation sites (tertiary alicyclic amines) is 1. The molecule has 1 atom stereocenters. The Kier molecular flexibility index (Phi) is 4.94. The monoisotopic (exact) mass is 329 g/mol. The Bertz CT molecular complexity index is 798. The van der Waals surface area contributed by atoms with Gasteiger partial charge in [-0.25, -0.2) is 4.98 Å². The second-order valence-corrected chi connectivity index (χ2v) is 6.40. The van der Waals surface area contributed by atoms with E-state index in [0.29, 0.717) is 23.9 Å². The molecule has 1 amide bonds. The quantitative estimate of drug-likeness (QED) is 0.922. The van der Waals surface area contributed by atoms with Gasteiger partial charge in [0, 0.05) is 19.2 Å². The van der Waals surface area contributed by atoms with Crippen LogP contribution in [0.3, 0.4) is 0 Å². The molecule has 1 aromatic heterocycles. The van der Waals surface area contributed by atoms with Crippen LogP contribution in [0.5, 0.6) is 0 Å². The molecule has 2 heterocycles. The number of benzene rings is 1. The number of aliphatic hydroxyl groups is 1. The number of fused-ring (bicyclic) bond motifs is 1. The number of hydrogen-bond donors (Lipinski definition) is 1. The first-order valence-electron chi connectivity index (χ1n) is 8.47. The van der Waals surface area contributed by atoms with Crippen molar-refractivity contribution in [3.05, 3.63) is 40.4 Å². The maximum Gasteiger partial charge on any atom is 0.261 e. The van der Waals surface area contributed by atoms with Crippen molar-refractivity contribution in [2.75, 3.05) is 13.2 Å². The van der Waals surface area contributed by atoms with Gasteiger partial charge in [-0.3, -0.25) is 14.2 Å². The number of piperidine rings is 1. The van der Waals surface area contributed by atoms with E-state index in [1.165, 1.54) is 10.9 Å². The standard InChI is InChI=1S/C18H23N3O3/c1-13-5-4-7-15-17(13)19-12-20(18(15)24)11-16(23)21-9-3-2-6-14(21)8-10-22/h4-5,7,12,14,22H,2-3,6,8-11H2,1H3. The van der Waals surface area contributed by atoms with E-state index in [-0.39, 0.29) is 30.7 Å². The molecule has 6 nitrogen and oxygen atoms in total. The van der Waals surface area contributed by atoms with Gasteiger partial charge in [0.25, 0.3) is 5.56 Å². The molecule has 1 aliphatic rings. The third-order valence-electron chi connectivity index (χ3n) is 4.77. The molecule has 0 spiro atoms. The molecule has 0 bridgehead atoms. The van der Waals surface area contributed by atoms with Crippen LogP contribution >= 0.6 is 0 Å². The van der Waals surface area contributed by atoms with Gasteiger partial charge in [-0.1, -0.05) is 12.1 Å². The molecule has 0 radical (unpaired) electrons. The molecule has 1 aromatic carbocycles. The van der Waals surface area contributed by atoms with Gasteiger partial charge in [0.15, 0.2) is 0 Å². The van der Waals surface area contributed by atoms with Crippen LogP contribution in [0.25, 0.3) is 10.9 Å². The SMILES string of the molecule is Cc1cccc2c(=O)n(CC(=O)N3CCCCC3CCO)cnc12. The Morgan fingerprint density at radius 3 is 3.00 bits per heavy atom. The lowest BCUT2D eigenvalue weighted by atomic mass is 9.99. The van der Waals surface area contributed by atoms with Crippen molar-refractivity contribution in [1.29, 1.82) is 0 Å². The number of para-hydroxylation sites is 1. The van der Waals surface area contributed by atoms with Gasteiger partial charge >= 0.3 is 0 Å². The van der Waals surface area contributed by atoms with Gasteiger partial charge in [-0.2, -0.15) is 0 Å². The van der Waals surface area contributed by atoms with Crippen LogP contribution in [0.1, 0.15) is 31.2 Å². The highest BCUT2D eigenvalue weighted by molar-refractivity contribution is 5.81. The van der Waals surface area contributed by atoms with E-state index in [1.807, 2.05) is 24.0 Å². The van der Waals surface area contributed by atoms with Crippen molar-refractivity contribution in [1.82, 2.24) is 14.5 Å². The predicted molar refractivity (Wildman–Crippen MR) is 91.8 cm³/mol. The Hall–Kier alpha value is -2.21. The first-order chi connectivity index (χ1) is 11.6. The molecule has 1 unspecified atom stereocenters. The highest BCUT2D eigenvalue weighted by Crippen LogP contribution is 2.20. The predicted octanol–water partition coefficient (Wildman–Crippen LogP) is 1.47. The van der Waals surface area contributed by atoms with E-state index in [4.69, 9.17) is 0 Å². The van der Waals surface area contributed by atoms with Crippen molar-refractivity contribution >= 4 is 16.8 Å². The van der Waals surface area contributed by atoms with Crippen LogP contribution in [-0.2, 0) is 11.3 Å². The number of hydrogen-bond acceptors (Lipinski definition) is 4. The summed E-state index contributed by atoms with van der Waals surface area (Å²) in [6.45, 7) is 2.68. The second-order valence-electron chi connectivity index (χ2n) is 6.40. The summed E-state index contributed by atoms with van der Waals surface area (Å²) in [6.07, 6.45) is 5.01. The lowest BCUT2D eigenvalue weighted by Crippen LogP contribution is -2.46. The summed E-state index contributed by atoms with van der Waals surface area (Å²) in [7, 11) is 0. The number of aryl methyl sites for hydroxylation is 1. The number of aliphatic hydroxyl groups excluding tert-OH is 1. The molecule has 3 rings (SSSR count). The van der Waals surface area contributed by atoms with Crippen LogP contribution in [0.4, 0.5) is 0 Å². The van der Waals surface area contributed by atoms with Crippen LogP contribution in [0.15, 0.2) is 29.3 Å². The number of carbonyl (C=O) groups is 1. The fourth-order valence-corrected chi connectivity index (χ4v) is 3.46. The van der Waals surface area contributed by atoms with Gasteiger partial charge in [-0.05, 0) is 44.2 Å². The molecule has 1 fully saturated rings. The van der Waals surface area contributed by atoms with E-state index in [9.17, 15) is 14.7 Å². The van der Waals surface area contributed by atoms with Crippen molar-refractivity contribution in [3.63, 3.8) is 0 Å². The zero-order valence-electron chi connectivity index (χ0n) is 13.9. The topological polar surface area (TPSA) is 75.4 Å². The number of aromatic nitrogens is 2. The van der Waals surface area contributed by atoms with Crippen molar-refractivity contribution in [3.8, 4) is 0 Å². The zero-order valence-corrected chi connectivity index (χ0v) is 13.9. The Labute approximate surface area is 140 Å². The minimum absolute atomic E-state index is 0.00234. The third-order valence-corrected chi connectivity index (χ3v) is 4.77. The maximum absolute atomic E-state index is 12.7. The van der Waals surface area contributed by atoms with E-state index in [1.54, 1.807) is 6.07 Å². The van der Waals surface area contributed by atoms with Crippen LogP contribution in [-0.4, -0.2) is 44.7 Å². The third kappa shape index (κ3) is 3.19. The lowest BCUT2D eigenvalue weighted by molar-refractivity contribution is -0.135. The van der Waals surface area contributed by atoms with Gasteiger partial charge < -0.3 is 10.0 Å². The first-order valence-corrected chi connectivity index (χ1v) is 8.47. The normalized spacial score (nSPS) is 18.1. The molecule has 0 aliphatic carbocycles. The molecular weight excluding hydrogens is 306 g/mol. The summed E-state index contributed by atoms with van der Waals surface area (Å²) in [5, 5.41) is 9.73. The van der Waals surface area contributed by atoms with E-state index in [2.05, 4.69) is 4.98 Å². The lowest BCUT2D eigenvalue weighted by Gasteiger charge is -2.35. The highest BCUT2D eigenvalue weighted by Gasteiger charge is 2.26. The van der Waals surface area contributed by atoms with Gasteiger partial charge in [0.2, 0.25) is 5.91 Å². The molecule has 0 saturated carbocycles. The van der Waals surface area contributed by atoms with Gasteiger partial charge in [-0.15, -0.1) is 0 Å². The molecule has 1 saturated heterocycles. The van der Waals surface area contributed by atoms with Crippen molar-refractivity contribution in [2.24, 2.45) is 0 Å². The Balaban J connectivity index is 1.85. The Morgan fingerprint density at radius 2 is 2.21 bits per heavy atom. The fourth-order valence-electron chi connectivity index (χ4n) is 3.46. The number of carbonyl (C=O) groups excluding carboxylic acids is 1. The largest absolute Gasteiger partial charge is 0.396 e. The molecule has 1 N–H and O–H groups in total. The molecule has 6 heteroatoms. The molecule has 24 heavy (non-hydrogen) atoms. The summed E-state index contributed by atoms with van der Waals surface area (Å²) < 4.78 is 1.38. The summed E-state index contributed by atoms with van der Waals surface area (Å²) in [5.74, 6) is -0.0796. The molecule has 1 aliphatic heterocycles. The molecular formula is C18H23N3O3. The molecule has 2 aromatic rings. The number of amides is 1. The van der Waals surface area contributed by atoms with Crippen LogP contribution < -0.4 is 5.56 Å². The minimum atomic E-state index is -0.187. The average Bonchev–Trinajstić information content (AvgIpc) is 2.59. The second kappa shape index (κ2) is 7.13. The van der Waals surface area contributed by atoms with Gasteiger partial charge in [0.1, 0.15) is 6.54 Å². The van der Waals surface area contributed by atoms with Crippen molar-refractivity contribution < 1.29 is 9.90 Å². The first kappa shape index (κ1) is 16.6. The maximum atomic E-state index is 12.7. The highest BCUT2D eigenvalue weighted by atomic mass is 16.3. The summed E-state index contributed by atoms with van der Waals surface area (Å²) in [5.41, 5.74) is 1.44. The van der Waals surface area contributed by atoms with Gasteiger partial charge in [0.05, 0.1) is 17.2 Å². The fraction of sp³-hybridized carbons (Fsp3) is 0.500. The average molecular weight is 329 g/mol. The zero-order chi connectivity index (χ0) is 17.1. The summed E-state index contributed by atoms with van der Waals surface area (Å²) in [6, 6.07) is 5.56. The van der Waals surface area contributed by atoms with Crippen molar-refractivity contribution in [2.45, 2.75) is 45.2 Å². The number of nitrogens with zero attached hydrogens (tertiary/aromatic N) is 3. The van der Waals surface area contributed by atoms with Crippen LogP contribution in [0.2, 0.25) is 0 Å². The smallest absolute Gasteiger partial charge is 0.261 e.